The van der Waals surface area contributed by atoms with E-state index in [4.69, 9.17) is 22.1 Å². The first-order chi connectivity index (χ1) is 9.02. The Labute approximate surface area is 124 Å². The molecule has 2 rings (SSSR count). The van der Waals surface area contributed by atoms with Crippen LogP contribution in [0.5, 0.6) is 5.75 Å². The van der Waals surface area contributed by atoms with Gasteiger partial charge in [0.2, 0.25) is 0 Å². The van der Waals surface area contributed by atoms with Gasteiger partial charge in [0.15, 0.2) is 5.78 Å². The van der Waals surface area contributed by atoms with Crippen LogP contribution in [-0.2, 0) is 0 Å². The normalized spacial score (nSPS) is 10.3. The van der Waals surface area contributed by atoms with Crippen LogP contribution in [0.4, 0.5) is 5.69 Å². The van der Waals surface area contributed by atoms with Crippen LogP contribution < -0.4 is 10.5 Å². The van der Waals surface area contributed by atoms with E-state index in [9.17, 15) is 4.79 Å². The van der Waals surface area contributed by atoms with Crippen molar-refractivity contribution in [3.63, 3.8) is 0 Å². The second-order valence-electron chi connectivity index (χ2n) is 3.91. The minimum atomic E-state index is -0.175. The highest BCUT2D eigenvalue weighted by Gasteiger charge is 2.17. The number of hydrogen-bond acceptors (Lipinski definition) is 3. The van der Waals surface area contributed by atoms with Gasteiger partial charge in [-0.15, -0.1) is 0 Å². The molecular weight excluding hydrogens is 330 g/mol. The third kappa shape index (κ3) is 2.91. The summed E-state index contributed by atoms with van der Waals surface area (Å²) in [5.74, 6) is 0.310. The molecule has 0 heterocycles. The first kappa shape index (κ1) is 13.9. The number of anilines is 1. The van der Waals surface area contributed by atoms with E-state index in [2.05, 4.69) is 15.9 Å². The van der Waals surface area contributed by atoms with Gasteiger partial charge in [-0.25, -0.2) is 0 Å². The standard InChI is InChI=1S/C14H11BrClNO2/c1-19-13-5-2-8(16)6-11(13)14(18)10-4-3-9(17)7-12(10)15/h2-7H,17H2,1H3. The molecule has 3 nitrogen and oxygen atoms in total. The number of carbonyl (C=O) groups is 1. The van der Waals surface area contributed by atoms with Gasteiger partial charge < -0.3 is 10.5 Å². The highest BCUT2D eigenvalue weighted by atomic mass is 79.9. The van der Waals surface area contributed by atoms with Crippen molar-refractivity contribution in [3.8, 4) is 5.75 Å². The molecule has 0 atom stereocenters. The van der Waals surface area contributed by atoms with Crippen molar-refractivity contribution in [2.24, 2.45) is 0 Å². The summed E-state index contributed by atoms with van der Waals surface area (Å²) in [5, 5.41) is 0.482. The lowest BCUT2D eigenvalue weighted by atomic mass is 10.0. The molecule has 0 fully saturated rings. The van der Waals surface area contributed by atoms with E-state index >= 15 is 0 Å². The van der Waals surface area contributed by atoms with Crippen molar-refractivity contribution in [1.82, 2.24) is 0 Å². The maximum atomic E-state index is 12.5. The van der Waals surface area contributed by atoms with Crippen LogP contribution in [0, 0.1) is 0 Å². The van der Waals surface area contributed by atoms with Crippen molar-refractivity contribution >= 4 is 39.0 Å². The summed E-state index contributed by atoms with van der Waals surface area (Å²) in [6.45, 7) is 0. The summed E-state index contributed by atoms with van der Waals surface area (Å²) >= 11 is 9.27. The van der Waals surface area contributed by atoms with Crippen LogP contribution in [0.25, 0.3) is 0 Å². The predicted molar refractivity (Wildman–Crippen MR) is 80.0 cm³/mol. The molecule has 0 aliphatic rings. The molecule has 0 aliphatic heterocycles. The van der Waals surface area contributed by atoms with Gasteiger partial charge in [-0.05, 0) is 52.3 Å². The number of nitrogen functional groups attached to an aromatic ring is 1. The molecule has 0 bridgehead atoms. The van der Waals surface area contributed by atoms with Gasteiger partial charge in [0.05, 0.1) is 12.7 Å². The zero-order chi connectivity index (χ0) is 14.0. The number of methoxy groups -OCH3 is 1. The molecule has 0 radical (unpaired) electrons. The van der Waals surface area contributed by atoms with E-state index in [0.717, 1.165) is 0 Å². The zero-order valence-electron chi connectivity index (χ0n) is 10.1. The quantitative estimate of drug-likeness (QED) is 0.680. The lowest BCUT2D eigenvalue weighted by Crippen LogP contribution is -2.05. The number of rotatable bonds is 3. The Morgan fingerprint density at radius 1 is 1.21 bits per heavy atom. The molecule has 0 aromatic heterocycles. The third-order valence-corrected chi connectivity index (χ3v) is 3.54. The smallest absolute Gasteiger partial charge is 0.197 e. The van der Waals surface area contributed by atoms with Gasteiger partial charge in [0, 0.05) is 20.7 Å². The highest BCUT2D eigenvalue weighted by molar-refractivity contribution is 9.10. The topological polar surface area (TPSA) is 52.3 Å². The number of benzene rings is 2. The second kappa shape index (κ2) is 5.63. The summed E-state index contributed by atoms with van der Waals surface area (Å²) in [4.78, 5) is 12.5. The summed E-state index contributed by atoms with van der Waals surface area (Å²) in [6, 6.07) is 9.96. The van der Waals surface area contributed by atoms with Crippen LogP contribution in [0.2, 0.25) is 5.02 Å². The minimum absolute atomic E-state index is 0.175. The van der Waals surface area contributed by atoms with Crippen molar-refractivity contribution < 1.29 is 9.53 Å². The van der Waals surface area contributed by atoms with Crippen molar-refractivity contribution in [2.75, 3.05) is 12.8 Å². The van der Waals surface area contributed by atoms with Crippen molar-refractivity contribution in [1.29, 1.82) is 0 Å². The molecule has 0 saturated heterocycles. The SMILES string of the molecule is COc1ccc(Cl)cc1C(=O)c1ccc(N)cc1Br. The molecule has 0 saturated carbocycles. The number of nitrogens with two attached hydrogens (primary N) is 1. The predicted octanol–water partition coefficient (Wildman–Crippen LogP) is 3.92. The Kier molecular flexibility index (Phi) is 4.12. The Balaban J connectivity index is 2.52. The highest BCUT2D eigenvalue weighted by Crippen LogP contribution is 2.28. The van der Waals surface area contributed by atoms with E-state index in [1.165, 1.54) is 7.11 Å². The van der Waals surface area contributed by atoms with E-state index in [1.54, 1.807) is 36.4 Å². The van der Waals surface area contributed by atoms with Crippen molar-refractivity contribution in [3.05, 3.63) is 57.0 Å². The van der Waals surface area contributed by atoms with E-state index in [-0.39, 0.29) is 5.78 Å². The molecule has 98 valence electrons. The van der Waals surface area contributed by atoms with E-state index < -0.39 is 0 Å². The number of carbonyl (C=O) groups excluding carboxylic acids is 1. The summed E-state index contributed by atoms with van der Waals surface area (Å²) in [7, 11) is 1.51. The Morgan fingerprint density at radius 3 is 2.58 bits per heavy atom. The molecule has 2 N–H and O–H groups in total. The molecule has 19 heavy (non-hydrogen) atoms. The first-order valence-corrected chi connectivity index (χ1v) is 6.63. The Hall–Kier alpha value is -1.52. The van der Waals surface area contributed by atoms with Crippen LogP contribution in [0.1, 0.15) is 15.9 Å². The first-order valence-electron chi connectivity index (χ1n) is 5.46. The fourth-order valence-electron chi connectivity index (χ4n) is 1.72. The van der Waals surface area contributed by atoms with Crippen LogP contribution in [0.3, 0.4) is 0 Å². The number of hydrogen-bond donors (Lipinski definition) is 1. The zero-order valence-corrected chi connectivity index (χ0v) is 12.5. The minimum Gasteiger partial charge on any atom is -0.496 e. The van der Waals surface area contributed by atoms with Gasteiger partial charge in [-0.1, -0.05) is 11.6 Å². The molecule has 0 unspecified atom stereocenters. The second-order valence-corrected chi connectivity index (χ2v) is 5.20. The number of ether oxygens (including phenoxy) is 1. The maximum Gasteiger partial charge on any atom is 0.197 e. The number of ketones is 1. The molecule has 0 amide bonds. The average molecular weight is 341 g/mol. The average Bonchev–Trinajstić information content (AvgIpc) is 2.38. The molecule has 2 aromatic rings. The van der Waals surface area contributed by atoms with Gasteiger partial charge in [-0.3, -0.25) is 4.79 Å². The molecular formula is C14H11BrClNO2. The molecule has 5 heteroatoms. The van der Waals surface area contributed by atoms with Crippen LogP contribution in [-0.4, -0.2) is 12.9 Å². The van der Waals surface area contributed by atoms with Gasteiger partial charge in [0.1, 0.15) is 5.75 Å². The fraction of sp³-hybridized carbons (Fsp3) is 0.0714. The Morgan fingerprint density at radius 2 is 1.95 bits per heavy atom. The summed E-state index contributed by atoms with van der Waals surface area (Å²) < 4.78 is 5.83. The van der Waals surface area contributed by atoms with E-state index in [1.807, 2.05) is 0 Å². The lowest BCUT2D eigenvalue weighted by Gasteiger charge is -2.09. The van der Waals surface area contributed by atoms with Gasteiger partial charge >= 0.3 is 0 Å². The summed E-state index contributed by atoms with van der Waals surface area (Å²) in [5.41, 5.74) is 7.17. The monoisotopic (exact) mass is 339 g/mol. The Bertz CT molecular complexity index is 643. The lowest BCUT2D eigenvalue weighted by molar-refractivity contribution is 0.103. The maximum absolute atomic E-state index is 12.5. The molecule has 0 spiro atoms. The van der Waals surface area contributed by atoms with Crippen LogP contribution >= 0.6 is 27.5 Å². The number of halogens is 2. The van der Waals surface area contributed by atoms with Gasteiger partial charge in [-0.2, -0.15) is 0 Å². The van der Waals surface area contributed by atoms with Gasteiger partial charge in [0.25, 0.3) is 0 Å². The summed E-state index contributed by atoms with van der Waals surface area (Å²) in [6.07, 6.45) is 0. The molecule has 2 aromatic carbocycles. The largest absolute Gasteiger partial charge is 0.496 e. The van der Waals surface area contributed by atoms with Crippen LogP contribution in [0.15, 0.2) is 40.9 Å². The fourth-order valence-corrected chi connectivity index (χ4v) is 2.47. The third-order valence-electron chi connectivity index (χ3n) is 2.64. The van der Waals surface area contributed by atoms with E-state index in [0.29, 0.717) is 32.1 Å². The molecule has 0 aliphatic carbocycles. The van der Waals surface area contributed by atoms with Crippen molar-refractivity contribution in [2.45, 2.75) is 0 Å².